The Labute approximate surface area is 158 Å². The SMILES string of the molecule is CN=C(NCc1nc(-c2cccc(Cl)c2)no1)NC1CC(OC)C1(C)C. The summed E-state index contributed by atoms with van der Waals surface area (Å²) in [5.74, 6) is 1.68. The van der Waals surface area contributed by atoms with Gasteiger partial charge in [-0.05, 0) is 18.6 Å². The summed E-state index contributed by atoms with van der Waals surface area (Å²) in [5.41, 5.74) is 0.869. The summed E-state index contributed by atoms with van der Waals surface area (Å²) in [4.78, 5) is 8.66. The average molecular weight is 378 g/mol. The number of nitrogens with zero attached hydrogens (tertiary/aromatic N) is 3. The molecule has 3 rings (SSSR count). The summed E-state index contributed by atoms with van der Waals surface area (Å²) in [6, 6.07) is 7.64. The molecule has 1 saturated carbocycles. The molecule has 2 atom stereocenters. The zero-order valence-corrected chi connectivity index (χ0v) is 16.2. The molecule has 0 bridgehead atoms. The Bertz CT molecular complexity index is 789. The maximum Gasteiger partial charge on any atom is 0.246 e. The number of nitrogens with one attached hydrogen (secondary N) is 2. The minimum absolute atomic E-state index is 0.0522. The van der Waals surface area contributed by atoms with E-state index in [9.17, 15) is 0 Å². The first-order valence-electron chi connectivity index (χ1n) is 8.52. The molecule has 1 fully saturated rings. The second-order valence-electron chi connectivity index (χ2n) is 6.93. The zero-order chi connectivity index (χ0) is 18.7. The topological polar surface area (TPSA) is 84.6 Å². The van der Waals surface area contributed by atoms with Crippen LogP contribution >= 0.6 is 11.6 Å². The summed E-state index contributed by atoms with van der Waals surface area (Å²) in [7, 11) is 3.49. The number of hydrogen-bond acceptors (Lipinski definition) is 5. The Hall–Kier alpha value is -2.12. The number of methoxy groups -OCH3 is 1. The molecule has 1 heterocycles. The Kier molecular flexibility index (Phi) is 5.48. The predicted molar refractivity (Wildman–Crippen MR) is 101 cm³/mol. The number of aliphatic imine (C=N–C) groups is 1. The lowest BCUT2D eigenvalue weighted by Gasteiger charge is -2.51. The van der Waals surface area contributed by atoms with Gasteiger partial charge in [-0.15, -0.1) is 0 Å². The quantitative estimate of drug-likeness (QED) is 0.615. The third-order valence-electron chi connectivity index (χ3n) is 4.95. The maximum atomic E-state index is 6.00. The van der Waals surface area contributed by atoms with Gasteiger partial charge in [-0.3, -0.25) is 4.99 Å². The highest BCUT2D eigenvalue weighted by molar-refractivity contribution is 6.30. The van der Waals surface area contributed by atoms with Gasteiger partial charge in [0.05, 0.1) is 12.6 Å². The second kappa shape index (κ2) is 7.63. The number of aromatic nitrogens is 2. The van der Waals surface area contributed by atoms with Crippen LogP contribution in [0.15, 0.2) is 33.8 Å². The highest BCUT2D eigenvalue weighted by Gasteiger charge is 2.48. The van der Waals surface area contributed by atoms with Crippen LogP contribution in [0.25, 0.3) is 11.4 Å². The Balaban J connectivity index is 1.57. The van der Waals surface area contributed by atoms with E-state index < -0.39 is 0 Å². The molecule has 0 radical (unpaired) electrons. The molecule has 1 aromatic heterocycles. The molecule has 1 aliphatic carbocycles. The zero-order valence-electron chi connectivity index (χ0n) is 15.4. The number of halogens is 1. The molecular weight excluding hydrogens is 354 g/mol. The van der Waals surface area contributed by atoms with Crippen molar-refractivity contribution in [2.45, 2.75) is 39.0 Å². The lowest BCUT2D eigenvalue weighted by Crippen LogP contribution is -2.63. The van der Waals surface area contributed by atoms with Crippen molar-refractivity contribution in [1.82, 2.24) is 20.8 Å². The van der Waals surface area contributed by atoms with Crippen LogP contribution in [-0.2, 0) is 11.3 Å². The van der Waals surface area contributed by atoms with E-state index in [0.29, 0.717) is 35.3 Å². The Morgan fingerprint density at radius 1 is 1.46 bits per heavy atom. The molecule has 140 valence electrons. The van der Waals surface area contributed by atoms with Crippen molar-refractivity contribution in [3.63, 3.8) is 0 Å². The number of ether oxygens (including phenoxy) is 1. The lowest BCUT2D eigenvalue weighted by atomic mass is 9.64. The van der Waals surface area contributed by atoms with E-state index in [4.69, 9.17) is 20.9 Å². The van der Waals surface area contributed by atoms with E-state index in [1.165, 1.54) is 0 Å². The highest BCUT2D eigenvalue weighted by atomic mass is 35.5. The molecule has 0 amide bonds. The van der Waals surface area contributed by atoms with Crippen LogP contribution in [0.1, 0.15) is 26.2 Å². The van der Waals surface area contributed by atoms with Gasteiger partial charge in [-0.2, -0.15) is 4.98 Å². The third-order valence-corrected chi connectivity index (χ3v) is 5.19. The van der Waals surface area contributed by atoms with Crippen LogP contribution in [0, 0.1) is 5.41 Å². The maximum absolute atomic E-state index is 6.00. The fourth-order valence-corrected chi connectivity index (χ4v) is 3.31. The van der Waals surface area contributed by atoms with E-state index in [1.54, 1.807) is 26.3 Å². The molecule has 0 spiro atoms. The van der Waals surface area contributed by atoms with Crippen LogP contribution in [0.2, 0.25) is 5.02 Å². The molecule has 2 unspecified atom stereocenters. The van der Waals surface area contributed by atoms with Crippen molar-refractivity contribution in [2.24, 2.45) is 10.4 Å². The van der Waals surface area contributed by atoms with Gasteiger partial charge in [0.1, 0.15) is 0 Å². The van der Waals surface area contributed by atoms with E-state index in [-0.39, 0.29) is 11.5 Å². The van der Waals surface area contributed by atoms with Crippen molar-refractivity contribution in [2.75, 3.05) is 14.2 Å². The first kappa shape index (κ1) is 18.7. The summed E-state index contributed by atoms with van der Waals surface area (Å²) < 4.78 is 10.8. The molecule has 7 nitrogen and oxygen atoms in total. The predicted octanol–water partition coefficient (Wildman–Crippen LogP) is 2.87. The molecule has 0 saturated heterocycles. The molecular formula is C18H24ClN5O2. The van der Waals surface area contributed by atoms with Crippen molar-refractivity contribution in [1.29, 1.82) is 0 Å². The standard InChI is InChI=1S/C18H24ClN5O2/c1-18(2)13(9-14(18)25-4)22-17(20-3)21-10-15-23-16(24-26-15)11-6-5-7-12(19)8-11/h5-8,13-14H,9-10H2,1-4H3,(H2,20,21,22). The van der Waals surface area contributed by atoms with Crippen LogP contribution in [0.5, 0.6) is 0 Å². The van der Waals surface area contributed by atoms with Crippen LogP contribution in [-0.4, -0.2) is 42.4 Å². The van der Waals surface area contributed by atoms with E-state index >= 15 is 0 Å². The molecule has 2 aromatic rings. The van der Waals surface area contributed by atoms with Gasteiger partial charge in [0.25, 0.3) is 0 Å². The number of hydrogen-bond donors (Lipinski definition) is 2. The van der Waals surface area contributed by atoms with Crippen LogP contribution in [0.3, 0.4) is 0 Å². The smallest absolute Gasteiger partial charge is 0.246 e. The van der Waals surface area contributed by atoms with Crippen molar-refractivity contribution >= 4 is 17.6 Å². The van der Waals surface area contributed by atoms with Crippen LogP contribution < -0.4 is 10.6 Å². The van der Waals surface area contributed by atoms with E-state index in [0.717, 1.165) is 12.0 Å². The normalized spacial score (nSPS) is 22.0. The van der Waals surface area contributed by atoms with Gasteiger partial charge in [0.15, 0.2) is 5.96 Å². The fourth-order valence-electron chi connectivity index (χ4n) is 3.12. The van der Waals surface area contributed by atoms with Gasteiger partial charge < -0.3 is 19.9 Å². The van der Waals surface area contributed by atoms with E-state index in [2.05, 4.69) is 39.6 Å². The second-order valence-corrected chi connectivity index (χ2v) is 7.36. The fraction of sp³-hybridized carbons (Fsp3) is 0.500. The minimum atomic E-state index is 0.0522. The van der Waals surface area contributed by atoms with Gasteiger partial charge in [-0.1, -0.05) is 42.7 Å². The van der Waals surface area contributed by atoms with Gasteiger partial charge in [-0.25, -0.2) is 0 Å². The summed E-state index contributed by atoms with van der Waals surface area (Å²) >= 11 is 6.00. The van der Waals surface area contributed by atoms with Gasteiger partial charge in [0, 0.05) is 36.2 Å². The molecule has 1 aromatic carbocycles. The van der Waals surface area contributed by atoms with Gasteiger partial charge >= 0.3 is 0 Å². The number of guanidine groups is 1. The summed E-state index contributed by atoms with van der Waals surface area (Å²) in [5, 5.41) is 11.3. The summed E-state index contributed by atoms with van der Waals surface area (Å²) in [6.07, 6.45) is 1.21. The number of rotatable bonds is 5. The average Bonchev–Trinajstić information content (AvgIpc) is 3.09. The Morgan fingerprint density at radius 3 is 2.92 bits per heavy atom. The number of benzene rings is 1. The minimum Gasteiger partial charge on any atom is -0.381 e. The Morgan fingerprint density at radius 2 is 2.27 bits per heavy atom. The molecule has 2 N–H and O–H groups in total. The van der Waals surface area contributed by atoms with E-state index in [1.807, 2.05) is 12.1 Å². The van der Waals surface area contributed by atoms with Crippen LogP contribution in [0.4, 0.5) is 0 Å². The first-order chi connectivity index (χ1) is 12.4. The lowest BCUT2D eigenvalue weighted by molar-refractivity contribution is -0.0922. The largest absolute Gasteiger partial charge is 0.381 e. The molecule has 26 heavy (non-hydrogen) atoms. The molecule has 1 aliphatic rings. The highest BCUT2D eigenvalue weighted by Crippen LogP contribution is 2.42. The molecule has 8 heteroatoms. The van der Waals surface area contributed by atoms with Crippen molar-refractivity contribution in [3.8, 4) is 11.4 Å². The third kappa shape index (κ3) is 3.83. The first-order valence-corrected chi connectivity index (χ1v) is 8.90. The summed E-state index contributed by atoms with van der Waals surface area (Å²) in [6.45, 7) is 4.75. The van der Waals surface area contributed by atoms with Crippen molar-refractivity contribution < 1.29 is 9.26 Å². The molecule has 0 aliphatic heterocycles. The van der Waals surface area contributed by atoms with Gasteiger partial charge in [0.2, 0.25) is 11.7 Å². The van der Waals surface area contributed by atoms with Crippen molar-refractivity contribution in [3.05, 3.63) is 35.2 Å². The monoisotopic (exact) mass is 377 g/mol.